The van der Waals surface area contributed by atoms with Crippen LogP contribution in [0.5, 0.6) is 0 Å². The second-order valence-electron chi connectivity index (χ2n) is 5.33. The molecule has 1 heterocycles. The Morgan fingerprint density at radius 1 is 1.37 bits per heavy atom. The number of hydrogen-bond acceptors (Lipinski definition) is 5. The Labute approximate surface area is 114 Å². The molecule has 110 valence electrons. The summed E-state index contributed by atoms with van der Waals surface area (Å²) in [6, 6.07) is 0. The second-order valence-corrected chi connectivity index (χ2v) is 6.78. The molecule has 7 heteroatoms. The van der Waals surface area contributed by atoms with Crippen molar-refractivity contribution in [2.45, 2.75) is 64.0 Å². The Kier molecular flexibility index (Phi) is 4.06. The second kappa shape index (κ2) is 5.28. The van der Waals surface area contributed by atoms with Gasteiger partial charge in [-0.3, -0.25) is 4.18 Å². The molecule has 1 unspecified atom stereocenters. The van der Waals surface area contributed by atoms with Gasteiger partial charge in [-0.1, -0.05) is 19.8 Å². The van der Waals surface area contributed by atoms with Gasteiger partial charge in [0.05, 0.1) is 12.1 Å². The summed E-state index contributed by atoms with van der Waals surface area (Å²) in [4.78, 5) is 12.2. The van der Waals surface area contributed by atoms with Gasteiger partial charge in [-0.05, 0) is 32.6 Å². The maximum Gasteiger partial charge on any atom is 0.426 e. The van der Waals surface area contributed by atoms with Crippen molar-refractivity contribution in [3.05, 3.63) is 0 Å². The van der Waals surface area contributed by atoms with Gasteiger partial charge in [0.25, 0.3) is 0 Å². The van der Waals surface area contributed by atoms with Crippen LogP contribution in [-0.2, 0) is 19.2 Å². The van der Waals surface area contributed by atoms with Crippen LogP contribution in [0.4, 0.5) is 4.79 Å². The largest absolute Gasteiger partial charge is 0.446 e. The van der Waals surface area contributed by atoms with Gasteiger partial charge in [-0.2, -0.15) is 12.7 Å². The molecule has 6 nitrogen and oxygen atoms in total. The Hall–Kier alpha value is -0.820. The van der Waals surface area contributed by atoms with Crippen molar-refractivity contribution in [1.82, 2.24) is 4.31 Å². The lowest BCUT2D eigenvalue weighted by molar-refractivity contribution is 0.0384. The fourth-order valence-electron chi connectivity index (χ4n) is 2.80. The number of carbonyl (C=O) groups excluding carboxylic acids is 1. The number of rotatable bonds is 2. The van der Waals surface area contributed by atoms with Crippen LogP contribution in [0.1, 0.15) is 52.4 Å². The molecular formula is C12H21NO5S. The van der Waals surface area contributed by atoms with E-state index in [2.05, 4.69) is 0 Å². The zero-order chi connectivity index (χ0) is 14.1. The third-order valence-electron chi connectivity index (χ3n) is 4.03. The first-order valence-corrected chi connectivity index (χ1v) is 8.18. The lowest BCUT2D eigenvalue weighted by Gasteiger charge is -2.42. The summed E-state index contributed by atoms with van der Waals surface area (Å²) in [5.41, 5.74) is -0.623. The average molecular weight is 291 g/mol. The van der Waals surface area contributed by atoms with Gasteiger partial charge in [0, 0.05) is 0 Å². The average Bonchev–Trinajstić information content (AvgIpc) is 2.76. The number of nitrogens with zero attached hydrogens (tertiary/aromatic N) is 1. The van der Waals surface area contributed by atoms with E-state index in [9.17, 15) is 13.2 Å². The van der Waals surface area contributed by atoms with Crippen LogP contribution < -0.4 is 0 Å². The van der Waals surface area contributed by atoms with Crippen LogP contribution in [0, 0.1) is 0 Å². The lowest BCUT2D eigenvalue weighted by atomic mass is 9.94. The molecule has 0 aromatic carbocycles. The monoisotopic (exact) mass is 291 g/mol. The van der Waals surface area contributed by atoms with Crippen molar-refractivity contribution in [2.75, 3.05) is 6.61 Å². The first-order chi connectivity index (χ1) is 8.91. The minimum absolute atomic E-state index is 0.148. The molecule has 0 aromatic heterocycles. The molecule has 1 aliphatic carbocycles. The summed E-state index contributed by atoms with van der Waals surface area (Å²) < 4.78 is 35.0. The Morgan fingerprint density at radius 2 is 2.00 bits per heavy atom. The van der Waals surface area contributed by atoms with Crippen molar-refractivity contribution in [2.24, 2.45) is 0 Å². The van der Waals surface area contributed by atoms with Crippen molar-refractivity contribution < 1.29 is 22.1 Å². The number of ether oxygens (including phenoxy) is 1. The number of amides is 1. The molecule has 0 aromatic rings. The van der Waals surface area contributed by atoms with E-state index in [4.69, 9.17) is 8.92 Å². The van der Waals surface area contributed by atoms with Gasteiger partial charge in [0.2, 0.25) is 0 Å². The summed E-state index contributed by atoms with van der Waals surface area (Å²) in [7, 11) is -4.01. The summed E-state index contributed by atoms with van der Waals surface area (Å²) in [5.74, 6) is 0. The molecule has 0 bridgehead atoms. The molecule has 0 N–H and O–H groups in total. The van der Waals surface area contributed by atoms with Gasteiger partial charge in [0.1, 0.15) is 6.10 Å². The SMILES string of the molecule is CCC(C)OC(=O)N1C2(CCCC2)CCOS1(=O)=O. The molecule has 1 atom stereocenters. The number of hydrogen-bond donors (Lipinski definition) is 0. The van der Waals surface area contributed by atoms with Gasteiger partial charge in [0.15, 0.2) is 0 Å². The fourth-order valence-corrected chi connectivity index (χ4v) is 4.18. The van der Waals surface area contributed by atoms with Gasteiger partial charge >= 0.3 is 16.4 Å². The third kappa shape index (κ3) is 2.72. The molecule has 0 radical (unpaired) electrons. The van der Waals surface area contributed by atoms with Crippen LogP contribution in [-0.4, -0.2) is 37.1 Å². The van der Waals surface area contributed by atoms with Crippen LogP contribution in [0.3, 0.4) is 0 Å². The Balaban J connectivity index is 2.27. The van der Waals surface area contributed by atoms with E-state index in [1.165, 1.54) is 0 Å². The van der Waals surface area contributed by atoms with Crippen LogP contribution >= 0.6 is 0 Å². The highest BCUT2D eigenvalue weighted by Crippen LogP contribution is 2.43. The van der Waals surface area contributed by atoms with Crippen molar-refractivity contribution in [3.63, 3.8) is 0 Å². The lowest BCUT2D eigenvalue weighted by Crippen LogP contribution is -2.57. The highest BCUT2D eigenvalue weighted by molar-refractivity contribution is 7.85. The van der Waals surface area contributed by atoms with E-state index >= 15 is 0 Å². The zero-order valence-corrected chi connectivity index (χ0v) is 12.2. The molecule has 1 aliphatic heterocycles. The van der Waals surface area contributed by atoms with Crippen molar-refractivity contribution in [3.8, 4) is 0 Å². The molecule has 2 rings (SSSR count). The molecule has 1 saturated heterocycles. The maximum absolute atomic E-state index is 12.2. The predicted molar refractivity (Wildman–Crippen MR) is 68.8 cm³/mol. The van der Waals surface area contributed by atoms with Crippen LogP contribution in [0.2, 0.25) is 0 Å². The van der Waals surface area contributed by atoms with E-state index in [0.717, 1.165) is 17.1 Å². The summed E-state index contributed by atoms with van der Waals surface area (Å²) in [5, 5.41) is 0. The first-order valence-electron chi connectivity index (χ1n) is 6.82. The smallest absolute Gasteiger partial charge is 0.426 e. The highest BCUT2D eigenvalue weighted by Gasteiger charge is 2.52. The van der Waals surface area contributed by atoms with Gasteiger partial charge in [-0.15, -0.1) is 0 Å². The topological polar surface area (TPSA) is 72.9 Å². The normalized spacial score (nSPS) is 26.3. The maximum atomic E-state index is 12.2. The molecular weight excluding hydrogens is 270 g/mol. The van der Waals surface area contributed by atoms with E-state index in [0.29, 0.717) is 25.7 Å². The van der Waals surface area contributed by atoms with Crippen molar-refractivity contribution >= 4 is 16.4 Å². The van der Waals surface area contributed by atoms with E-state index in [1.54, 1.807) is 6.92 Å². The minimum Gasteiger partial charge on any atom is -0.446 e. The summed E-state index contributed by atoms with van der Waals surface area (Å²) >= 11 is 0. The molecule has 19 heavy (non-hydrogen) atoms. The molecule has 2 fully saturated rings. The third-order valence-corrected chi connectivity index (χ3v) is 5.48. The Morgan fingerprint density at radius 3 is 2.58 bits per heavy atom. The standard InChI is InChI=1S/C12H21NO5S/c1-3-10(2)18-11(14)13-12(6-4-5-7-12)8-9-17-19(13,15)16/h10H,3-9H2,1-2H3. The van der Waals surface area contributed by atoms with Crippen LogP contribution in [0.15, 0.2) is 0 Å². The quantitative estimate of drug-likeness (QED) is 0.780. The molecule has 1 amide bonds. The van der Waals surface area contributed by atoms with Gasteiger partial charge < -0.3 is 4.74 Å². The molecule has 1 saturated carbocycles. The zero-order valence-electron chi connectivity index (χ0n) is 11.4. The molecule has 2 aliphatic rings. The minimum atomic E-state index is -4.01. The van der Waals surface area contributed by atoms with Crippen LogP contribution in [0.25, 0.3) is 0 Å². The van der Waals surface area contributed by atoms with Gasteiger partial charge in [-0.25, -0.2) is 4.79 Å². The van der Waals surface area contributed by atoms with E-state index in [-0.39, 0.29) is 12.7 Å². The predicted octanol–water partition coefficient (Wildman–Crippen LogP) is 2.20. The summed E-state index contributed by atoms with van der Waals surface area (Å²) in [6.45, 7) is 3.77. The van der Waals surface area contributed by atoms with E-state index < -0.39 is 21.9 Å². The van der Waals surface area contributed by atoms with E-state index in [1.807, 2.05) is 6.92 Å². The fraction of sp³-hybridized carbons (Fsp3) is 0.917. The highest BCUT2D eigenvalue weighted by atomic mass is 32.2. The first kappa shape index (κ1) is 14.6. The summed E-state index contributed by atoms with van der Waals surface area (Å²) in [6.07, 6.45) is 3.37. The molecule has 1 spiro atoms. The van der Waals surface area contributed by atoms with Crippen molar-refractivity contribution in [1.29, 1.82) is 0 Å². The number of carbonyl (C=O) groups is 1. The Bertz CT molecular complexity index is 441.